The molecule has 4 nitrogen and oxygen atoms in total. The molecule has 2 aliphatic heterocycles. The van der Waals surface area contributed by atoms with Crippen molar-refractivity contribution in [1.82, 2.24) is 0 Å². The maximum Gasteiger partial charge on any atom is 0.161 e. The van der Waals surface area contributed by atoms with E-state index < -0.39 is 0 Å². The summed E-state index contributed by atoms with van der Waals surface area (Å²) >= 11 is 0. The van der Waals surface area contributed by atoms with Gasteiger partial charge in [-0.1, -0.05) is 0 Å². The summed E-state index contributed by atoms with van der Waals surface area (Å²) < 4.78 is 16.5. The van der Waals surface area contributed by atoms with Crippen LogP contribution in [0.25, 0.3) is 0 Å². The lowest BCUT2D eigenvalue weighted by atomic mass is 9.74. The fraction of sp³-hybridized carbons (Fsp3) is 0.500. The van der Waals surface area contributed by atoms with Crippen LogP contribution >= 0.6 is 0 Å². The first-order valence-electron chi connectivity index (χ1n) is 6.11. The Morgan fingerprint density at radius 2 is 1.89 bits per heavy atom. The lowest BCUT2D eigenvalue weighted by Crippen LogP contribution is -2.47. The van der Waals surface area contributed by atoms with Crippen molar-refractivity contribution in [3.8, 4) is 17.6 Å². The third kappa shape index (κ3) is 1.63. The highest BCUT2D eigenvalue weighted by molar-refractivity contribution is 5.51. The molecule has 3 rings (SSSR count). The minimum absolute atomic E-state index is 0.158. The SMILES string of the molecule is Cc1cc2c(cc1C1(CC#N)COC1)OCCO2. The second kappa shape index (κ2) is 4.18. The van der Waals surface area contributed by atoms with Crippen molar-refractivity contribution in [2.45, 2.75) is 18.8 Å². The van der Waals surface area contributed by atoms with E-state index in [1.807, 2.05) is 19.1 Å². The Morgan fingerprint density at radius 3 is 2.44 bits per heavy atom. The van der Waals surface area contributed by atoms with Crippen molar-refractivity contribution in [3.05, 3.63) is 23.3 Å². The molecule has 1 saturated heterocycles. The maximum absolute atomic E-state index is 9.00. The first-order chi connectivity index (χ1) is 8.75. The topological polar surface area (TPSA) is 51.5 Å². The summed E-state index contributed by atoms with van der Waals surface area (Å²) in [7, 11) is 0. The van der Waals surface area contributed by atoms with E-state index in [0.29, 0.717) is 32.8 Å². The summed E-state index contributed by atoms with van der Waals surface area (Å²) in [6.45, 7) is 4.45. The molecule has 4 heteroatoms. The molecule has 0 saturated carbocycles. The standard InChI is InChI=1S/C14H15NO3/c1-10-6-12-13(18-5-4-17-12)7-11(10)14(2-3-15)8-16-9-14/h6-7H,2,4-5,8-9H2,1H3. The Bertz CT molecular complexity index is 515. The molecule has 0 bridgehead atoms. The molecule has 1 aromatic carbocycles. The van der Waals surface area contributed by atoms with Crippen LogP contribution < -0.4 is 9.47 Å². The van der Waals surface area contributed by atoms with Gasteiger partial charge in [-0.2, -0.15) is 5.26 Å². The number of ether oxygens (including phenoxy) is 3. The lowest BCUT2D eigenvalue weighted by molar-refractivity contribution is -0.0581. The summed E-state index contributed by atoms with van der Waals surface area (Å²) in [5.74, 6) is 1.58. The van der Waals surface area contributed by atoms with Gasteiger partial charge < -0.3 is 14.2 Å². The number of hydrogen-bond acceptors (Lipinski definition) is 4. The largest absolute Gasteiger partial charge is 0.486 e. The summed E-state index contributed by atoms with van der Waals surface area (Å²) in [4.78, 5) is 0. The summed E-state index contributed by atoms with van der Waals surface area (Å²) in [6.07, 6.45) is 0.480. The van der Waals surface area contributed by atoms with Gasteiger partial charge in [-0.25, -0.2) is 0 Å². The minimum atomic E-state index is -0.158. The third-order valence-electron chi connectivity index (χ3n) is 3.63. The highest BCUT2D eigenvalue weighted by atomic mass is 16.6. The molecular weight excluding hydrogens is 230 g/mol. The summed E-state index contributed by atoms with van der Waals surface area (Å²) in [6, 6.07) is 6.28. The second-order valence-electron chi connectivity index (χ2n) is 4.92. The van der Waals surface area contributed by atoms with Gasteiger partial charge in [0.1, 0.15) is 13.2 Å². The van der Waals surface area contributed by atoms with Gasteiger partial charge in [-0.3, -0.25) is 0 Å². The first kappa shape index (κ1) is 11.4. The first-order valence-corrected chi connectivity index (χ1v) is 6.11. The van der Waals surface area contributed by atoms with E-state index in [1.54, 1.807) is 0 Å². The number of nitrogens with zero attached hydrogens (tertiary/aromatic N) is 1. The van der Waals surface area contributed by atoms with Crippen molar-refractivity contribution in [3.63, 3.8) is 0 Å². The highest BCUT2D eigenvalue weighted by Gasteiger charge is 2.42. The van der Waals surface area contributed by atoms with Gasteiger partial charge in [-0.15, -0.1) is 0 Å². The molecule has 2 heterocycles. The zero-order valence-electron chi connectivity index (χ0n) is 10.4. The Morgan fingerprint density at radius 1 is 1.22 bits per heavy atom. The smallest absolute Gasteiger partial charge is 0.161 e. The average Bonchev–Trinajstić information content (AvgIpc) is 2.33. The van der Waals surface area contributed by atoms with Gasteiger partial charge in [0, 0.05) is 6.42 Å². The van der Waals surface area contributed by atoms with E-state index in [2.05, 4.69) is 6.07 Å². The Balaban J connectivity index is 2.04. The van der Waals surface area contributed by atoms with Gasteiger partial charge in [0.15, 0.2) is 11.5 Å². The molecular formula is C14H15NO3. The van der Waals surface area contributed by atoms with Gasteiger partial charge in [-0.05, 0) is 30.2 Å². The van der Waals surface area contributed by atoms with Gasteiger partial charge >= 0.3 is 0 Å². The molecule has 0 aromatic heterocycles. The van der Waals surface area contributed by atoms with E-state index >= 15 is 0 Å². The number of hydrogen-bond donors (Lipinski definition) is 0. The molecule has 18 heavy (non-hydrogen) atoms. The van der Waals surface area contributed by atoms with Crippen molar-refractivity contribution >= 4 is 0 Å². The molecule has 0 N–H and O–H groups in total. The van der Waals surface area contributed by atoms with Crippen LogP contribution in [0.15, 0.2) is 12.1 Å². The van der Waals surface area contributed by atoms with Crippen LogP contribution in [-0.4, -0.2) is 26.4 Å². The van der Waals surface area contributed by atoms with Crippen LogP contribution in [-0.2, 0) is 10.2 Å². The minimum Gasteiger partial charge on any atom is -0.486 e. The highest BCUT2D eigenvalue weighted by Crippen LogP contribution is 2.42. The Kier molecular flexibility index (Phi) is 2.64. The maximum atomic E-state index is 9.00. The van der Waals surface area contributed by atoms with E-state index in [1.165, 1.54) is 0 Å². The van der Waals surface area contributed by atoms with Crippen LogP contribution in [0.4, 0.5) is 0 Å². The summed E-state index contributed by atoms with van der Waals surface area (Å²) in [5.41, 5.74) is 2.13. The second-order valence-corrected chi connectivity index (χ2v) is 4.92. The molecule has 0 radical (unpaired) electrons. The summed E-state index contributed by atoms with van der Waals surface area (Å²) in [5, 5.41) is 9.00. The molecule has 2 aliphatic rings. The van der Waals surface area contributed by atoms with E-state index in [4.69, 9.17) is 19.5 Å². The van der Waals surface area contributed by atoms with Gasteiger partial charge in [0.05, 0.1) is 24.7 Å². The number of rotatable bonds is 2. The Labute approximate surface area is 106 Å². The van der Waals surface area contributed by atoms with Crippen LogP contribution in [0.5, 0.6) is 11.5 Å². The average molecular weight is 245 g/mol. The zero-order chi connectivity index (χ0) is 12.6. The number of fused-ring (bicyclic) bond motifs is 1. The molecule has 94 valence electrons. The molecule has 1 aromatic rings. The van der Waals surface area contributed by atoms with E-state index in [0.717, 1.165) is 22.6 Å². The van der Waals surface area contributed by atoms with E-state index in [9.17, 15) is 0 Å². The molecule has 1 fully saturated rings. The van der Waals surface area contributed by atoms with Crippen molar-refractivity contribution < 1.29 is 14.2 Å². The van der Waals surface area contributed by atoms with Crippen LogP contribution in [0, 0.1) is 18.3 Å². The number of nitriles is 1. The molecule has 0 atom stereocenters. The number of aryl methyl sites for hydroxylation is 1. The molecule has 0 amide bonds. The third-order valence-corrected chi connectivity index (χ3v) is 3.63. The van der Waals surface area contributed by atoms with Crippen LogP contribution in [0.2, 0.25) is 0 Å². The quantitative estimate of drug-likeness (QED) is 0.799. The normalized spacial score (nSPS) is 19.8. The molecule has 0 spiro atoms. The predicted molar refractivity (Wildman–Crippen MR) is 64.9 cm³/mol. The fourth-order valence-electron chi connectivity index (χ4n) is 2.61. The predicted octanol–water partition coefficient (Wildman–Crippen LogP) is 1.95. The van der Waals surface area contributed by atoms with Crippen LogP contribution in [0.1, 0.15) is 17.5 Å². The van der Waals surface area contributed by atoms with Gasteiger partial charge in [0.2, 0.25) is 0 Å². The van der Waals surface area contributed by atoms with Gasteiger partial charge in [0.25, 0.3) is 0 Å². The Hall–Kier alpha value is -1.73. The van der Waals surface area contributed by atoms with Crippen LogP contribution in [0.3, 0.4) is 0 Å². The van der Waals surface area contributed by atoms with E-state index in [-0.39, 0.29) is 5.41 Å². The molecule has 0 unspecified atom stereocenters. The van der Waals surface area contributed by atoms with Crippen molar-refractivity contribution in [1.29, 1.82) is 5.26 Å². The molecule has 0 aliphatic carbocycles. The number of benzene rings is 1. The van der Waals surface area contributed by atoms with Crippen molar-refractivity contribution in [2.24, 2.45) is 0 Å². The fourth-order valence-corrected chi connectivity index (χ4v) is 2.61. The monoisotopic (exact) mass is 245 g/mol. The van der Waals surface area contributed by atoms with Crippen molar-refractivity contribution in [2.75, 3.05) is 26.4 Å². The lowest BCUT2D eigenvalue weighted by Gasteiger charge is -2.41. The zero-order valence-corrected chi connectivity index (χ0v) is 10.4.